The number of hydrogen-bond donors (Lipinski definition) is 1. The Kier molecular flexibility index (Phi) is 4.14. The second-order valence-electron chi connectivity index (χ2n) is 3.24. The van der Waals surface area contributed by atoms with Gasteiger partial charge in [0.25, 0.3) is 0 Å². The maximum atomic E-state index is 13.4. The van der Waals surface area contributed by atoms with E-state index >= 15 is 0 Å². The van der Waals surface area contributed by atoms with Crippen LogP contribution in [0.4, 0.5) is 4.39 Å². The monoisotopic (exact) mass is 246 g/mol. The van der Waals surface area contributed by atoms with Crippen LogP contribution in [-0.4, -0.2) is 20.7 Å². The normalized spacial score (nSPS) is 12.2. The zero-order chi connectivity index (χ0) is 12.3. The number of rotatable bonds is 3. The van der Waals surface area contributed by atoms with Crippen LogP contribution in [0.15, 0.2) is 12.1 Å². The molecule has 16 heavy (non-hydrogen) atoms. The van der Waals surface area contributed by atoms with Crippen molar-refractivity contribution in [1.82, 2.24) is 0 Å². The number of benzene rings is 1. The molecule has 0 saturated carbocycles. The molecule has 4 nitrogen and oxygen atoms in total. The third kappa shape index (κ3) is 2.86. The summed E-state index contributed by atoms with van der Waals surface area (Å²) in [4.78, 5) is 11.4. The summed E-state index contributed by atoms with van der Waals surface area (Å²) in [6.45, 7) is 3.04. The van der Waals surface area contributed by atoms with Crippen LogP contribution in [0, 0.1) is 19.7 Å². The van der Waals surface area contributed by atoms with Gasteiger partial charge in [-0.2, -0.15) is 0 Å². The first-order valence-corrected chi connectivity index (χ1v) is 5.71. The minimum Gasteiger partial charge on any atom is -0.446 e. The average molecular weight is 246 g/mol. The van der Waals surface area contributed by atoms with Crippen molar-refractivity contribution in [2.24, 2.45) is 0 Å². The highest BCUT2D eigenvalue weighted by molar-refractivity contribution is 7.79. The van der Waals surface area contributed by atoms with Gasteiger partial charge in [0.05, 0.1) is 5.56 Å². The van der Waals surface area contributed by atoms with Gasteiger partial charge in [-0.3, -0.25) is 0 Å². The smallest absolute Gasteiger partial charge is 0.339 e. The summed E-state index contributed by atoms with van der Waals surface area (Å²) < 4.78 is 36.7. The molecule has 1 aromatic carbocycles. The van der Waals surface area contributed by atoms with Crippen molar-refractivity contribution in [3.8, 4) is 0 Å². The Labute approximate surface area is 94.7 Å². The molecule has 1 aromatic rings. The van der Waals surface area contributed by atoms with Gasteiger partial charge in [0.2, 0.25) is 0 Å². The minimum absolute atomic E-state index is 0.0635. The van der Waals surface area contributed by atoms with Crippen molar-refractivity contribution in [1.29, 1.82) is 0 Å². The summed E-state index contributed by atoms with van der Waals surface area (Å²) >= 11 is -2.21. The van der Waals surface area contributed by atoms with E-state index in [1.54, 1.807) is 6.92 Å². The van der Waals surface area contributed by atoms with Gasteiger partial charge in [-0.25, -0.2) is 13.4 Å². The number of halogens is 1. The van der Waals surface area contributed by atoms with Crippen molar-refractivity contribution >= 4 is 17.0 Å². The fourth-order valence-electron chi connectivity index (χ4n) is 1.22. The summed E-state index contributed by atoms with van der Waals surface area (Å²) in [5.41, 5.74) is 0.669. The Balaban J connectivity index is 2.92. The van der Waals surface area contributed by atoms with E-state index in [4.69, 9.17) is 4.55 Å². The van der Waals surface area contributed by atoms with Gasteiger partial charge < -0.3 is 9.29 Å². The number of esters is 1. The number of carbonyl (C=O) groups excluding carboxylic acids is 1. The summed E-state index contributed by atoms with van der Waals surface area (Å²) in [6, 6.07) is 2.88. The molecule has 88 valence electrons. The molecule has 1 unspecified atom stereocenters. The van der Waals surface area contributed by atoms with Crippen molar-refractivity contribution in [2.75, 3.05) is 5.94 Å². The first-order chi connectivity index (χ1) is 7.43. The number of ether oxygens (including phenoxy) is 1. The van der Waals surface area contributed by atoms with E-state index in [1.165, 1.54) is 19.1 Å². The molecule has 0 bridgehead atoms. The Morgan fingerprint density at radius 2 is 2.12 bits per heavy atom. The van der Waals surface area contributed by atoms with Crippen molar-refractivity contribution in [3.63, 3.8) is 0 Å². The molecule has 1 rings (SSSR count). The van der Waals surface area contributed by atoms with Gasteiger partial charge in [0.15, 0.2) is 17.0 Å². The molecule has 0 fully saturated rings. The van der Waals surface area contributed by atoms with E-state index in [0.717, 1.165) is 0 Å². The Morgan fingerprint density at radius 1 is 1.50 bits per heavy atom. The van der Waals surface area contributed by atoms with Gasteiger partial charge in [0.1, 0.15) is 5.82 Å². The summed E-state index contributed by atoms with van der Waals surface area (Å²) in [6.07, 6.45) is 0. The zero-order valence-corrected chi connectivity index (χ0v) is 9.64. The zero-order valence-electron chi connectivity index (χ0n) is 8.82. The second kappa shape index (κ2) is 5.18. The van der Waals surface area contributed by atoms with Gasteiger partial charge in [0, 0.05) is 0 Å². The lowest BCUT2D eigenvalue weighted by Gasteiger charge is -2.07. The minimum atomic E-state index is -2.21. The van der Waals surface area contributed by atoms with Crippen molar-refractivity contribution < 1.29 is 22.7 Å². The Morgan fingerprint density at radius 3 is 2.69 bits per heavy atom. The maximum Gasteiger partial charge on any atom is 0.339 e. The first kappa shape index (κ1) is 12.8. The molecule has 0 aliphatic heterocycles. The summed E-state index contributed by atoms with van der Waals surface area (Å²) in [5, 5.41) is 0. The molecular formula is C10H11FO4S. The van der Waals surface area contributed by atoms with E-state index in [1.807, 2.05) is 0 Å². The second-order valence-corrected chi connectivity index (χ2v) is 4.12. The maximum absolute atomic E-state index is 13.4. The lowest BCUT2D eigenvalue weighted by atomic mass is 10.1. The highest BCUT2D eigenvalue weighted by atomic mass is 32.2. The van der Waals surface area contributed by atoms with Crippen LogP contribution in [0.3, 0.4) is 0 Å². The third-order valence-electron chi connectivity index (χ3n) is 2.09. The quantitative estimate of drug-likeness (QED) is 0.652. The van der Waals surface area contributed by atoms with Crippen LogP contribution < -0.4 is 0 Å². The SMILES string of the molecule is Cc1ccc(C(=O)OCS(=O)O)c(C)c1F. The highest BCUT2D eigenvalue weighted by Crippen LogP contribution is 2.17. The fraction of sp³-hybridized carbons (Fsp3) is 0.300. The predicted molar refractivity (Wildman–Crippen MR) is 56.9 cm³/mol. The van der Waals surface area contributed by atoms with Gasteiger partial charge in [-0.15, -0.1) is 0 Å². The topological polar surface area (TPSA) is 63.6 Å². The molecular weight excluding hydrogens is 235 g/mol. The van der Waals surface area contributed by atoms with E-state index < -0.39 is 28.8 Å². The largest absolute Gasteiger partial charge is 0.446 e. The van der Waals surface area contributed by atoms with Crippen LogP contribution in [-0.2, 0) is 15.8 Å². The number of hydrogen-bond acceptors (Lipinski definition) is 3. The number of carbonyl (C=O) groups is 1. The third-order valence-corrected chi connectivity index (χ3v) is 2.41. The van der Waals surface area contributed by atoms with Gasteiger partial charge in [-0.1, -0.05) is 6.07 Å². The fourth-order valence-corrected chi connectivity index (χ4v) is 1.43. The Hall–Kier alpha value is -1.27. The van der Waals surface area contributed by atoms with E-state index in [9.17, 15) is 13.4 Å². The van der Waals surface area contributed by atoms with Gasteiger partial charge in [-0.05, 0) is 31.0 Å². The van der Waals surface area contributed by atoms with Crippen LogP contribution >= 0.6 is 0 Å². The van der Waals surface area contributed by atoms with E-state index in [2.05, 4.69) is 4.74 Å². The molecule has 0 saturated heterocycles. The first-order valence-electron chi connectivity index (χ1n) is 4.43. The molecule has 0 radical (unpaired) electrons. The molecule has 0 aliphatic carbocycles. The molecule has 6 heteroatoms. The van der Waals surface area contributed by atoms with Crippen LogP contribution in [0.25, 0.3) is 0 Å². The molecule has 0 aliphatic rings. The molecule has 0 spiro atoms. The molecule has 0 amide bonds. The summed E-state index contributed by atoms with van der Waals surface area (Å²) in [7, 11) is 0. The number of aryl methyl sites for hydroxylation is 1. The highest BCUT2D eigenvalue weighted by Gasteiger charge is 2.15. The lowest BCUT2D eigenvalue weighted by Crippen LogP contribution is -2.12. The van der Waals surface area contributed by atoms with Gasteiger partial charge >= 0.3 is 5.97 Å². The summed E-state index contributed by atoms with van der Waals surface area (Å²) in [5.74, 6) is -1.90. The van der Waals surface area contributed by atoms with Crippen LogP contribution in [0.5, 0.6) is 0 Å². The van der Waals surface area contributed by atoms with Crippen LogP contribution in [0.1, 0.15) is 21.5 Å². The molecule has 1 atom stereocenters. The Bertz CT molecular complexity index is 445. The van der Waals surface area contributed by atoms with E-state index in [-0.39, 0.29) is 11.1 Å². The standard InChI is InChI=1S/C10H11FO4S/c1-6-3-4-8(7(2)9(6)11)10(12)15-5-16(13)14/h3-4H,5H2,1-2H3,(H,13,14). The van der Waals surface area contributed by atoms with Crippen molar-refractivity contribution in [3.05, 3.63) is 34.6 Å². The van der Waals surface area contributed by atoms with Crippen LogP contribution in [0.2, 0.25) is 0 Å². The predicted octanol–water partition coefficient (Wildman–Crippen LogP) is 1.78. The molecule has 1 N–H and O–H groups in total. The van der Waals surface area contributed by atoms with Crippen molar-refractivity contribution in [2.45, 2.75) is 13.8 Å². The average Bonchev–Trinajstić information content (AvgIpc) is 2.23. The molecule has 0 heterocycles. The molecule has 0 aromatic heterocycles. The van der Waals surface area contributed by atoms with E-state index in [0.29, 0.717) is 5.56 Å². The lowest BCUT2D eigenvalue weighted by molar-refractivity contribution is 0.0569.